The van der Waals surface area contributed by atoms with Crippen molar-refractivity contribution in [2.75, 3.05) is 13.7 Å². The number of benzene rings is 1. The van der Waals surface area contributed by atoms with Gasteiger partial charge in [0.05, 0.1) is 13.7 Å². The van der Waals surface area contributed by atoms with Crippen LogP contribution >= 0.6 is 0 Å². The van der Waals surface area contributed by atoms with Crippen LogP contribution in [0.15, 0.2) is 23.2 Å². The van der Waals surface area contributed by atoms with Gasteiger partial charge in [0.1, 0.15) is 11.4 Å². The summed E-state index contributed by atoms with van der Waals surface area (Å²) in [6.45, 7) is 0.676. The van der Waals surface area contributed by atoms with Crippen molar-refractivity contribution in [1.29, 1.82) is 0 Å². The van der Waals surface area contributed by atoms with E-state index in [4.69, 9.17) is 15.2 Å². The number of rotatable bonds is 1. The molecule has 17 heavy (non-hydrogen) atoms. The van der Waals surface area contributed by atoms with Gasteiger partial charge < -0.3 is 15.2 Å². The van der Waals surface area contributed by atoms with Crippen molar-refractivity contribution in [2.24, 2.45) is 10.7 Å². The van der Waals surface area contributed by atoms with Gasteiger partial charge in [-0.25, -0.2) is 4.99 Å². The molecule has 0 saturated heterocycles. The summed E-state index contributed by atoms with van der Waals surface area (Å²) in [6.07, 6.45) is 2.86. The SMILES string of the molecule is COc1ccc2c(c1)CC1(CC2)CN=C(N)O1. The minimum absolute atomic E-state index is 0.205. The van der Waals surface area contributed by atoms with Gasteiger partial charge in [-0.2, -0.15) is 0 Å². The first-order chi connectivity index (χ1) is 8.21. The molecule has 1 aliphatic heterocycles. The fourth-order valence-corrected chi connectivity index (χ4v) is 2.67. The highest BCUT2D eigenvalue weighted by Crippen LogP contribution is 2.35. The number of nitrogens with zero attached hydrogens (tertiary/aromatic N) is 1. The summed E-state index contributed by atoms with van der Waals surface area (Å²) in [6, 6.07) is 6.57. The Bertz CT molecular complexity index is 484. The first-order valence-electron chi connectivity index (χ1n) is 5.85. The molecule has 4 nitrogen and oxygen atoms in total. The number of ether oxygens (including phenoxy) is 2. The van der Waals surface area contributed by atoms with Gasteiger partial charge in [-0.15, -0.1) is 0 Å². The molecule has 0 radical (unpaired) electrons. The van der Waals surface area contributed by atoms with Crippen LogP contribution in [0.5, 0.6) is 5.75 Å². The van der Waals surface area contributed by atoms with Crippen LogP contribution in [-0.4, -0.2) is 25.3 Å². The van der Waals surface area contributed by atoms with Crippen molar-refractivity contribution in [3.8, 4) is 5.75 Å². The minimum atomic E-state index is -0.205. The first kappa shape index (κ1) is 10.4. The van der Waals surface area contributed by atoms with Crippen molar-refractivity contribution < 1.29 is 9.47 Å². The molecule has 2 aliphatic rings. The number of amidine groups is 1. The molecule has 1 spiro atoms. The summed E-state index contributed by atoms with van der Waals surface area (Å²) < 4.78 is 11.0. The number of hydrogen-bond donors (Lipinski definition) is 1. The molecule has 0 amide bonds. The normalized spacial score (nSPS) is 26.3. The first-order valence-corrected chi connectivity index (χ1v) is 5.85. The van der Waals surface area contributed by atoms with Crippen LogP contribution in [0.25, 0.3) is 0 Å². The maximum absolute atomic E-state index is 5.71. The summed E-state index contributed by atoms with van der Waals surface area (Å²) in [4.78, 5) is 4.17. The summed E-state index contributed by atoms with van der Waals surface area (Å²) in [7, 11) is 1.69. The zero-order valence-electron chi connectivity index (χ0n) is 9.90. The molecule has 1 aliphatic carbocycles. The van der Waals surface area contributed by atoms with Gasteiger partial charge in [-0.05, 0) is 36.1 Å². The lowest BCUT2D eigenvalue weighted by molar-refractivity contribution is 0.0703. The molecule has 2 N–H and O–H groups in total. The highest BCUT2D eigenvalue weighted by atomic mass is 16.5. The zero-order chi connectivity index (χ0) is 11.9. The average Bonchev–Trinajstić information content (AvgIpc) is 2.69. The molecule has 4 heteroatoms. The topological polar surface area (TPSA) is 56.8 Å². The van der Waals surface area contributed by atoms with Gasteiger partial charge in [0.2, 0.25) is 0 Å². The highest BCUT2D eigenvalue weighted by Gasteiger charge is 2.40. The van der Waals surface area contributed by atoms with Crippen LogP contribution < -0.4 is 10.5 Å². The van der Waals surface area contributed by atoms with E-state index >= 15 is 0 Å². The Hall–Kier alpha value is -1.71. The Morgan fingerprint density at radius 3 is 3.00 bits per heavy atom. The lowest BCUT2D eigenvalue weighted by Crippen LogP contribution is -2.40. The molecule has 1 heterocycles. The second-order valence-electron chi connectivity index (χ2n) is 4.75. The van der Waals surface area contributed by atoms with Gasteiger partial charge in [-0.3, -0.25) is 0 Å². The van der Waals surface area contributed by atoms with Gasteiger partial charge in [-0.1, -0.05) is 6.07 Å². The number of hydrogen-bond acceptors (Lipinski definition) is 4. The third-order valence-corrected chi connectivity index (χ3v) is 3.62. The lowest BCUT2D eigenvalue weighted by atomic mass is 9.80. The van der Waals surface area contributed by atoms with E-state index in [9.17, 15) is 0 Å². The molecule has 0 fully saturated rings. The van der Waals surface area contributed by atoms with E-state index in [1.165, 1.54) is 11.1 Å². The molecule has 0 bridgehead atoms. The van der Waals surface area contributed by atoms with Crippen molar-refractivity contribution in [3.05, 3.63) is 29.3 Å². The van der Waals surface area contributed by atoms with Crippen LogP contribution in [0.2, 0.25) is 0 Å². The third kappa shape index (κ3) is 1.73. The quantitative estimate of drug-likeness (QED) is 0.793. The van der Waals surface area contributed by atoms with Crippen molar-refractivity contribution in [2.45, 2.75) is 24.9 Å². The van der Waals surface area contributed by atoms with E-state index in [2.05, 4.69) is 17.1 Å². The predicted molar refractivity (Wildman–Crippen MR) is 65.3 cm³/mol. The Morgan fingerprint density at radius 1 is 1.41 bits per heavy atom. The number of fused-ring (bicyclic) bond motifs is 1. The fourth-order valence-electron chi connectivity index (χ4n) is 2.67. The largest absolute Gasteiger partial charge is 0.497 e. The van der Waals surface area contributed by atoms with Crippen LogP contribution in [-0.2, 0) is 17.6 Å². The number of aliphatic imine (C=N–C) groups is 1. The Morgan fingerprint density at radius 2 is 2.29 bits per heavy atom. The van der Waals surface area contributed by atoms with Crippen LogP contribution in [0, 0.1) is 0 Å². The number of nitrogens with two attached hydrogens (primary N) is 1. The van der Waals surface area contributed by atoms with Crippen molar-refractivity contribution >= 4 is 6.02 Å². The Labute approximate surface area is 100 Å². The van der Waals surface area contributed by atoms with E-state index in [-0.39, 0.29) is 5.60 Å². The Balaban J connectivity index is 1.89. The van der Waals surface area contributed by atoms with Crippen LogP contribution in [0.4, 0.5) is 0 Å². The lowest BCUT2D eigenvalue weighted by Gasteiger charge is -2.33. The number of aryl methyl sites for hydroxylation is 1. The van der Waals surface area contributed by atoms with Gasteiger partial charge in [0.25, 0.3) is 6.02 Å². The molecule has 3 rings (SSSR count). The molecule has 0 aromatic heterocycles. The maximum Gasteiger partial charge on any atom is 0.282 e. The van der Waals surface area contributed by atoms with E-state index in [0.29, 0.717) is 12.6 Å². The standard InChI is InChI=1S/C13H16N2O2/c1-16-11-3-2-9-4-5-13(7-10(9)6-11)8-15-12(14)17-13/h2-3,6H,4-5,7-8H2,1H3,(H2,14,15). The van der Waals surface area contributed by atoms with Crippen LogP contribution in [0.1, 0.15) is 17.5 Å². The average molecular weight is 232 g/mol. The summed E-state index contributed by atoms with van der Waals surface area (Å²) in [5.41, 5.74) is 8.09. The molecule has 1 aromatic carbocycles. The zero-order valence-corrected chi connectivity index (χ0v) is 9.90. The van der Waals surface area contributed by atoms with Crippen molar-refractivity contribution in [1.82, 2.24) is 0 Å². The fraction of sp³-hybridized carbons (Fsp3) is 0.462. The monoisotopic (exact) mass is 232 g/mol. The molecule has 90 valence electrons. The highest BCUT2D eigenvalue weighted by molar-refractivity contribution is 5.73. The second kappa shape index (κ2) is 3.65. The molecule has 1 aromatic rings. The smallest absolute Gasteiger partial charge is 0.282 e. The van der Waals surface area contributed by atoms with Crippen molar-refractivity contribution in [3.63, 3.8) is 0 Å². The second-order valence-corrected chi connectivity index (χ2v) is 4.75. The van der Waals surface area contributed by atoms with Gasteiger partial charge in [0.15, 0.2) is 0 Å². The van der Waals surface area contributed by atoms with E-state index < -0.39 is 0 Å². The molecule has 0 saturated carbocycles. The van der Waals surface area contributed by atoms with E-state index in [1.54, 1.807) is 7.11 Å². The minimum Gasteiger partial charge on any atom is -0.497 e. The number of methoxy groups -OCH3 is 1. The summed E-state index contributed by atoms with van der Waals surface area (Å²) >= 11 is 0. The van der Waals surface area contributed by atoms with E-state index in [0.717, 1.165) is 25.0 Å². The summed E-state index contributed by atoms with van der Waals surface area (Å²) in [5.74, 6) is 0.896. The molecule has 1 atom stereocenters. The molecule has 1 unspecified atom stereocenters. The van der Waals surface area contributed by atoms with Gasteiger partial charge in [0, 0.05) is 6.42 Å². The maximum atomic E-state index is 5.71. The summed E-state index contributed by atoms with van der Waals surface area (Å²) in [5, 5.41) is 0. The molecular formula is C13H16N2O2. The van der Waals surface area contributed by atoms with Crippen LogP contribution in [0.3, 0.4) is 0 Å². The van der Waals surface area contributed by atoms with E-state index in [1.807, 2.05) is 6.07 Å². The third-order valence-electron chi connectivity index (χ3n) is 3.62. The van der Waals surface area contributed by atoms with Gasteiger partial charge >= 0.3 is 0 Å². The Kier molecular flexibility index (Phi) is 2.24. The molecular weight excluding hydrogens is 216 g/mol. The predicted octanol–water partition coefficient (Wildman–Crippen LogP) is 1.27.